The Labute approximate surface area is 105 Å². The number of rotatable bonds is 7. The summed E-state index contributed by atoms with van der Waals surface area (Å²) < 4.78 is 0. The Bertz CT molecular complexity index is 299. The minimum absolute atomic E-state index is 0.302. The van der Waals surface area contributed by atoms with E-state index >= 15 is 0 Å². The Balaban J connectivity index is 2.28. The molecule has 0 spiro atoms. The molecule has 17 heavy (non-hydrogen) atoms. The van der Waals surface area contributed by atoms with Crippen molar-refractivity contribution >= 4 is 0 Å². The summed E-state index contributed by atoms with van der Waals surface area (Å²) in [6.45, 7) is 7.29. The molecule has 2 heteroatoms. The zero-order valence-corrected chi connectivity index (χ0v) is 11.2. The van der Waals surface area contributed by atoms with Gasteiger partial charge in [-0.2, -0.15) is 0 Å². The van der Waals surface area contributed by atoms with Crippen LogP contribution in [0.3, 0.4) is 0 Å². The smallest absolute Gasteiger partial charge is 0.0704 e. The normalized spacial score (nSPS) is 16.5. The zero-order valence-electron chi connectivity index (χ0n) is 11.2. The summed E-state index contributed by atoms with van der Waals surface area (Å²) in [5.74, 6) is 0.652. The van der Waals surface area contributed by atoms with Crippen LogP contribution in [0.5, 0.6) is 0 Å². The first-order chi connectivity index (χ1) is 8.13. The second-order valence-electron chi connectivity index (χ2n) is 4.93. The van der Waals surface area contributed by atoms with Gasteiger partial charge >= 0.3 is 0 Å². The fourth-order valence-electron chi connectivity index (χ4n) is 1.84. The Kier molecular flexibility index (Phi) is 6.23. The molecule has 0 aromatic heterocycles. The molecular weight excluding hydrogens is 210 g/mol. The van der Waals surface area contributed by atoms with Gasteiger partial charge in [0.15, 0.2) is 0 Å². The van der Waals surface area contributed by atoms with Gasteiger partial charge in [-0.15, -0.1) is 0 Å². The summed E-state index contributed by atoms with van der Waals surface area (Å²) in [6.07, 6.45) is 1.59. The highest BCUT2D eigenvalue weighted by molar-refractivity contribution is 5.15. The second kappa shape index (κ2) is 7.46. The number of nitrogens with one attached hydrogen (secondary N) is 1. The van der Waals surface area contributed by atoms with Crippen molar-refractivity contribution in [2.75, 3.05) is 6.54 Å². The Morgan fingerprint density at radius 1 is 1.18 bits per heavy atom. The van der Waals surface area contributed by atoms with Crippen LogP contribution in [0.1, 0.15) is 32.8 Å². The Hall–Kier alpha value is -0.860. The quantitative estimate of drug-likeness (QED) is 0.761. The maximum absolute atomic E-state index is 9.94. The van der Waals surface area contributed by atoms with Crippen molar-refractivity contribution in [1.82, 2.24) is 5.32 Å². The molecule has 1 aromatic rings. The molecule has 0 aliphatic carbocycles. The van der Waals surface area contributed by atoms with Crippen LogP contribution >= 0.6 is 0 Å². The monoisotopic (exact) mass is 235 g/mol. The summed E-state index contributed by atoms with van der Waals surface area (Å²) in [5.41, 5.74) is 1.19. The number of aliphatic hydroxyl groups excluding tert-OH is 1. The number of aliphatic hydroxyl groups is 1. The first-order valence-corrected chi connectivity index (χ1v) is 6.58. The molecule has 0 saturated heterocycles. The third-order valence-electron chi connectivity index (χ3n) is 3.49. The number of benzene rings is 1. The summed E-state index contributed by atoms with van der Waals surface area (Å²) in [6, 6.07) is 10.6. The minimum Gasteiger partial charge on any atom is -0.391 e. The Morgan fingerprint density at radius 3 is 2.41 bits per heavy atom. The minimum atomic E-state index is -0.302. The highest BCUT2D eigenvalue weighted by Crippen LogP contribution is 2.07. The highest BCUT2D eigenvalue weighted by atomic mass is 16.3. The fourth-order valence-corrected chi connectivity index (χ4v) is 1.84. The first-order valence-electron chi connectivity index (χ1n) is 6.58. The molecule has 3 unspecified atom stereocenters. The van der Waals surface area contributed by atoms with E-state index in [0.29, 0.717) is 18.5 Å². The van der Waals surface area contributed by atoms with E-state index < -0.39 is 0 Å². The van der Waals surface area contributed by atoms with Crippen LogP contribution < -0.4 is 5.32 Å². The van der Waals surface area contributed by atoms with Gasteiger partial charge in [-0.3, -0.25) is 0 Å². The van der Waals surface area contributed by atoms with Crippen molar-refractivity contribution < 1.29 is 5.11 Å². The van der Waals surface area contributed by atoms with Crippen molar-refractivity contribution in [3.8, 4) is 0 Å². The molecule has 0 aliphatic rings. The van der Waals surface area contributed by atoms with Crippen molar-refractivity contribution in [3.05, 3.63) is 35.9 Å². The molecule has 0 heterocycles. The van der Waals surface area contributed by atoms with Crippen LogP contribution in [-0.4, -0.2) is 23.8 Å². The van der Waals surface area contributed by atoms with Crippen molar-refractivity contribution in [2.24, 2.45) is 5.92 Å². The van der Waals surface area contributed by atoms with Crippen LogP contribution in [0.25, 0.3) is 0 Å². The number of hydrogen-bond donors (Lipinski definition) is 2. The molecule has 0 radical (unpaired) electrons. The van der Waals surface area contributed by atoms with Gasteiger partial charge in [0.25, 0.3) is 0 Å². The maximum atomic E-state index is 9.94. The molecule has 1 rings (SSSR count). The van der Waals surface area contributed by atoms with Gasteiger partial charge in [0.05, 0.1) is 6.10 Å². The highest BCUT2D eigenvalue weighted by Gasteiger charge is 2.11. The van der Waals surface area contributed by atoms with Gasteiger partial charge in [-0.1, -0.05) is 50.6 Å². The maximum Gasteiger partial charge on any atom is 0.0704 e. The lowest BCUT2D eigenvalue weighted by Crippen LogP contribution is -2.38. The van der Waals surface area contributed by atoms with Gasteiger partial charge in [-0.05, 0) is 24.8 Å². The van der Waals surface area contributed by atoms with Gasteiger partial charge in [0.2, 0.25) is 0 Å². The van der Waals surface area contributed by atoms with Crippen LogP contribution in [0, 0.1) is 5.92 Å². The van der Waals surface area contributed by atoms with E-state index in [4.69, 9.17) is 0 Å². The Morgan fingerprint density at radius 2 is 1.82 bits per heavy atom. The molecule has 0 aliphatic heterocycles. The standard InChI is InChI=1S/C15H25NO/c1-4-12(2)13(3)16-11-15(17)10-14-8-6-5-7-9-14/h5-9,12-13,15-17H,4,10-11H2,1-3H3. The topological polar surface area (TPSA) is 32.3 Å². The van der Waals surface area contributed by atoms with E-state index in [-0.39, 0.29) is 6.10 Å². The molecule has 96 valence electrons. The van der Waals surface area contributed by atoms with E-state index in [1.165, 1.54) is 12.0 Å². The summed E-state index contributed by atoms with van der Waals surface area (Å²) in [7, 11) is 0. The molecule has 0 fully saturated rings. The van der Waals surface area contributed by atoms with E-state index in [9.17, 15) is 5.11 Å². The van der Waals surface area contributed by atoms with E-state index in [1.807, 2.05) is 18.2 Å². The van der Waals surface area contributed by atoms with Crippen molar-refractivity contribution in [2.45, 2.75) is 45.8 Å². The zero-order chi connectivity index (χ0) is 12.7. The molecule has 2 N–H and O–H groups in total. The summed E-state index contributed by atoms with van der Waals surface area (Å²) >= 11 is 0. The van der Waals surface area contributed by atoms with Gasteiger partial charge in [0.1, 0.15) is 0 Å². The lowest BCUT2D eigenvalue weighted by Gasteiger charge is -2.21. The summed E-state index contributed by atoms with van der Waals surface area (Å²) in [4.78, 5) is 0. The van der Waals surface area contributed by atoms with Crippen LogP contribution in [0.2, 0.25) is 0 Å². The average Bonchev–Trinajstić information content (AvgIpc) is 2.36. The number of hydrogen-bond acceptors (Lipinski definition) is 2. The SMILES string of the molecule is CCC(C)C(C)NCC(O)Cc1ccccc1. The van der Waals surface area contributed by atoms with Crippen LogP contribution in [0.4, 0.5) is 0 Å². The lowest BCUT2D eigenvalue weighted by atomic mass is 10.0. The molecule has 0 bridgehead atoms. The first kappa shape index (κ1) is 14.2. The molecule has 0 saturated carbocycles. The van der Waals surface area contributed by atoms with E-state index in [0.717, 1.165) is 6.42 Å². The molecule has 0 amide bonds. The molecular formula is C15H25NO. The fraction of sp³-hybridized carbons (Fsp3) is 0.600. The van der Waals surface area contributed by atoms with Crippen LogP contribution in [-0.2, 0) is 6.42 Å². The van der Waals surface area contributed by atoms with Gasteiger partial charge < -0.3 is 10.4 Å². The summed E-state index contributed by atoms with van der Waals surface area (Å²) in [5, 5.41) is 13.3. The third-order valence-corrected chi connectivity index (χ3v) is 3.49. The van der Waals surface area contributed by atoms with Crippen LogP contribution in [0.15, 0.2) is 30.3 Å². The van der Waals surface area contributed by atoms with E-state index in [2.05, 4.69) is 38.2 Å². The van der Waals surface area contributed by atoms with Crippen molar-refractivity contribution in [1.29, 1.82) is 0 Å². The lowest BCUT2D eigenvalue weighted by molar-refractivity contribution is 0.163. The average molecular weight is 235 g/mol. The predicted molar refractivity (Wildman–Crippen MR) is 73.1 cm³/mol. The third kappa shape index (κ3) is 5.33. The molecule has 1 aromatic carbocycles. The largest absolute Gasteiger partial charge is 0.391 e. The van der Waals surface area contributed by atoms with Gasteiger partial charge in [0, 0.05) is 12.6 Å². The second-order valence-corrected chi connectivity index (χ2v) is 4.93. The molecule has 2 nitrogen and oxygen atoms in total. The van der Waals surface area contributed by atoms with Crippen molar-refractivity contribution in [3.63, 3.8) is 0 Å². The van der Waals surface area contributed by atoms with Gasteiger partial charge in [-0.25, -0.2) is 0 Å². The molecule has 3 atom stereocenters. The predicted octanol–water partition coefficient (Wildman–Crippen LogP) is 2.61. The van der Waals surface area contributed by atoms with E-state index in [1.54, 1.807) is 0 Å².